The molecule has 0 unspecified atom stereocenters. The first-order valence-electron chi connectivity index (χ1n) is 3.63. The number of rotatable bonds is 5. The van der Waals surface area contributed by atoms with Gasteiger partial charge >= 0.3 is 0 Å². The van der Waals surface area contributed by atoms with Gasteiger partial charge in [0.1, 0.15) is 0 Å². The number of anilines is 1. The summed E-state index contributed by atoms with van der Waals surface area (Å²) >= 11 is 2.77. The quantitative estimate of drug-likeness (QED) is 0.352. The Labute approximate surface area is 84.8 Å². The fourth-order valence-corrected chi connectivity index (χ4v) is 1.61. The minimum Gasteiger partial charge on any atom is -0.482 e. The van der Waals surface area contributed by atoms with E-state index < -0.39 is 0 Å². The maximum atomic E-state index is 4.89. The Morgan fingerprint density at radius 3 is 3.23 bits per heavy atom. The molecule has 0 aromatic carbocycles. The first-order valence-corrected chi connectivity index (χ1v) is 5.63. The van der Waals surface area contributed by atoms with Crippen LogP contribution in [0, 0.1) is 0 Å². The highest BCUT2D eigenvalue weighted by Gasteiger charge is 1.99. The van der Waals surface area contributed by atoms with Gasteiger partial charge in [-0.3, -0.25) is 0 Å². The van der Waals surface area contributed by atoms with Crippen LogP contribution >= 0.6 is 23.3 Å². The molecule has 0 aliphatic carbocycles. The van der Waals surface area contributed by atoms with Gasteiger partial charge < -0.3 is 4.74 Å². The van der Waals surface area contributed by atoms with E-state index in [1.165, 1.54) is 29.7 Å². The molecule has 1 heterocycles. The molecule has 0 fully saturated rings. The Bertz CT molecular complexity index is 275. The minimum absolute atomic E-state index is 0.608. The molecule has 0 amide bonds. The SMILES string of the molecule is CCO/C=N/Nc1nc(SC)ns1. The number of aromatic nitrogens is 2. The number of hydrogen-bond donors (Lipinski definition) is 1. The fraction of sp³-hybridized carbons (Fsp3) is 0.500. The van der Waals surface area contributed by atoms with E-state index in [4.69, 9.17) is 4.74 Å². The van der Waals surface area contributed by atoms with Crippen molar-refractivity contribution in [2.24, 2.45) is 5.10 Å². The van der Waals surface area contributed by atoms with Crippen molar-refractivity contribution in [1.82, 2.24) is 9.36 Å². The molecule has 1 rings (SSSR count). The number of hydrazone groups is 1. The predicted octanol–water partition coefficient (Wildman–Crippen LogP) is 1.65. The standard InChI is InChI=1S/C6H10N4OS2/c1-3-11-4-7-9-5-8-6(12-2)10-13-5/h4H,3H2,1-2H3,(H,8,9,10)/b7-4+. The van der Waals surface area contributed by atoms with Crippen LogP contribution in [0.15, 0.2) is 10.3 Å². The van der Waals surface area contributed by atoms with E-state index >= 15 is 0 Å². The van der Waals surface area contributed by atoms with Crippen LogP contribution in [0.3, 0.4) is 0 Å². The molecule has 0 radical (unpaired) electrons. The first kappa shape index (κ1) is 10.3. The molecule has 1 aromatic heterocycles. The molecule has 7 heteroatoms. The number of hydrogen-bond acceptors (Lipinski definition) is 7. The summed E-state index contributed by atoms with van der Waals surface area (Å²) < 4.78 is 8.94. The van der Waals surface area contributed by atoms with Gasteiger partial charge in [-0.25, -0.2) is 5.43 Å². The lowest BCUT2D eigenvalue weighted by Gasteiger charge is -1.92. The van der Waals surface area contributed by atoms with Crippen molar-refractivity contribution in [3.63, 3.8) is 0 Å². The van der Waals surface area contributed by atoms with Crippen LogP contribution in [-0.4, -0.2) is 28.6 Å². The lowest BCUT2D eigenvalue weighted by Crippen LogP contribution is -1.91. The zero-order valence-electron chi connectivity index (χ0n) is 7.35. The van der Waals surface area contributed by atoms with Crippen molar-refractivity contribution in [2.75, 3.05) is 18.3 Å². The number of nitrogens with one attached hydrogen (secondary N) is 1. The Morgan fingerprint density at radius 2 is 2.62 bits per heavy atom. The minimum atomic E-state index is 0.608. The molecular weight excluding hydrogens is 208 g/mol. The Morgan fingerprint density at radius 1 is 1.77 bits per heavy atom. The molecule has 0 aliphatic rings. The Kier molecular flexibility index (Phi) is 4.55. The summed E-state index contributed by atoms with van der Waals surface area (Å²) in [6, 6.07) is 0. The molecule has 0 saturated carbocycles. The molecule has 0 aliphatic heterocycles. The average Bonchev–Trinajstić information content (AvgIpc) is 2.60. The van der Waals surface area contributed by atoms with Crippen molar-refractivity contribution >= 4 is 34.8 Å². The molecular formula is C6H10N4OS2. The second-order valence-electron chi connectivity index (χ2n) is 1.89. The summed E-state index contributed by atoms with van der Waals surface area (Å²) in [7, 11) is 0. The van der Waals surface area contributed by atoms with Crippen LogP contribution < -0.4 is 5.43 Å². The maximum absolute atomic E-state index is 4.89. The van der Waals surface area contributed by atoms with Gasteiger partial charge in [0.25, 0.3) is 0 Å². The molecule has 72 valence electrons. The second kappa shape index (κ2) is 5.76. The van der Waals surface area contributed by atoms with E-state index in [0.29, 0.717) is 11.7 Å². The zero-order chi connectivity index (χ0) is 9.52. The lowest BCUT2D eigenvalue weighted by molar-refractivity contribution is 0.343. The predicted molar refractivity (Wildman–Crippen MR) is 55.4 cm³/mol. The lowest BCUT2D eigenvalue weighted by atomic mass is 10.9. The topological polar surface area (TPSA) is 59.4 Å². The van der Waals surface area contributed by atoms with Gasteiger partial charge in [-0.15, -0.1) is 5.10 Å². The summed E-state index contributed by atoms with van der Waals surface area (Å²) in [6.07, 6.45) is 3.27. The number of thioether (sulfide) groups is 1. The van der Waals surface area contributed by atoms with Gasteiger partial charge in [-0.05, 0) is 13.2 Å². The third-order valence-electron chi connectivity index (χ3n) is 1.04. The van der Waals surface area contributed by atoms with E-state index in [9.17, 15) is 0 Å². The van der Waals surface area contributed by atoms with E-state index in [1.807, 2.05) is 13.2 Å². The molecule has 13 heavy (non-hydrogen) atoms. The summed E-state index contributed by atoms with van der Waals surface area (Å²) in [5.41, 5.74) is 2.71. The molecule has 1 aromatic rings. The van der Waals surface area contributed by atoms with Gasteiger partial charge in [0.2, 0.25) is 10.3 Å². The van der Waals surface area contributed by atoms with Crippen LogP contribution in [0.25, 0.3) is 0 Å². The van der Waals surface area contributed by atoms with Gasteiger partial charge in [-0.1, -0.05) is 11.8 Å². The molecule has 0 saturated heterocycles. The molecule has 1 N–H and O–H groups in total. The fourth-order valence-electron chi connectivity index (χ4n) is 0.532. The average molecular weight is 218 g/mol. The van der Waals surface area contributed by atoms with Crippen LogP contribution in [-0.2, 0) is 4.74 Å². The van der Waals surface area contributed by atoms with E-state index in [2.05, 4.69) is 19.9 Å². The molecule has 0 atom stereocenters. The maximum Gasteiger partial charge on any atom is 0.224 e. The smallest absolute Gasteiger partial charge is 0.224 e. The first-order chi connectivity index (χ1) is 6.36. The van der Waals surface area contributed by atoms with E-state index in [0.717, 1.165) is 5.16 Å². The van der Waals surface area contributed by atoms with Crippen molar-refractivity contribution in [3.05, 3.63) is 0 Å². The summed E-state index contributed by atoms with van der Waals surface area (Å²) in [6.45, 7) is 2.50. The van der Waals surface area contributed by atoms with E-state index in [1.54, 1.807) is 0 Å². The van der Waals surface area contributed by atoms with Gasteiger partial charge in [0.15, 0.2) is 6.40 Å². The van der Waals surface area contributed by atoms with Gasteiger partial charge in [0, 0.05) is 11.5 Å². The third-order valence-corrected chi connectivity index (χ3v) is 2.33. The highest BCUT2D eigenvalue weighted by atomic mass is 32.2. The van der Waals surface area contributed by atoms with Crippen molar-refractivity contribution < 1.29 is 4.74 Å². The molecule has 5 nitrogen and oxygen atoms in total. The zero-order valence-corrected chi connectivity index (χ0v) is 8.98. The highest BCUT2D eigenvalue weighted by Crippen LogP contribution is 2.17. The number of ether oxygens (including phenoxy) is 1. The van der Waals surface area contributed by atoms with Crippen molar-refractivity contribution in [1.29, 1.82) is 0 Å². The van der Waals surface area contributed by atoms with E-state index in [-0.39, 0.29) is 0 Å². The van der Waals surface area contributed by atoms with Crippen molar-refractivity contribution in [3.8, 4) is 0 Å². The number of nitrogens with zero attached hydrogens (tertiary/aromatic N) is 3. The Hall–Kier alpha value is -0.820. The monoisotopic (exact) mass is 218 g/mol. The van der Waals surface area contributed by atoms with Crippen LogP contribution in [0.4, 0.5) is 5.13 Å². The largest absolute Gasteiger partial charge is 0.482 e. The van der Waals surface area contributed by atoms with Crippen molar-refractivity contribution in [2.45, 2.75) is 12.1 Å². The Balaban J connectivity index is 2.36. The van der Waals surface area contributed by atoms with Crippen LogP contribution in [0.5, 0.6) is 0 Å². The van der Waals surface area contributed by atoms with Crippen LogP contribution in [0.1, 0.15) is 6.92 Å². The summed E-state index contributed by atoms with van der Waals surface area (Å²) in [5.74, 6) is 0. The normalized spacial score (nSPS) is 10.6. The van der Waals surface area contributed by atoms with Gasteiger partial charge in [-0.2, -0.15) is 9.36 Å². The van der Waals surface area contributed by atoms with Gasteiger partial charge in [0.05, 0.1) is 6.61 Å². The molecule has 0 bridgehead atoms. The second-order valence-corrected chi connectivity index (χ2v) is 3.41. The summed E-state index contributed by atoms with van der Waals surface area (Å²) in [4.78, 5) is 4.12. The summed E-state index contributed by atoms with van der Waals surface area (Å²) in [5, 5.41) is 5.20. The highest BCUT2D eigenvalue weighted by molar-refractivity contribution is 7.98. The third kappa shape index (κ3) is 3.60. The molecule has 0 spiro atoms. The van der Waals surface area contributed by atoms with Crippen LogP contribution in [0.2, 0.25) is 0 Å².